The Morgan fingerprint density at radius 3 is 1.90 bits per heavy atom. The molecule has 0 spiro atoms. The fourth-order valence-electron chi connectivity index (χ4n) is 2.90. The summed E-state index contributed by atoms with van der Waals surface area (Å²) in [4.78, 5) is 24.5. The molecule has 0 saturated carbocycles. The maximum Gasteiger partial charge on any atom is 0.338 e. The zero-order chi connectivity index (χ0) is 21.7. The lowest BCUT2D eigenvalue weighted by Gasteiger charge is -2.20. The third kappa shape index (κ3) is 5.17. The lowest BCUT2D eigenvalue weighted by Crippen LogP contribution is -2.36. The summed E-state index contributed by atoms with van der Waals surface area (Å²) in [7, 11) is 0. The second kappa shape index (κ2) is 10.0. The molecule has 0 radical (unpaired) electrons. The van der Waals surface area contributed by atoms with Crippen molar-refractivity contribution in [1.29, 1.82) is 0 Å². The average Bonchev–Trinajstić information content (AvgIpc) is 3.05. The van der Waals surface area contributed by atoms with Crippen molar-refractivity contribution >= 4 is 23.7 Å². The summed E-state index contributed by atoms with van der Waals surface area (Å²) in [5, 5.41) is 27.2. The van der Waals surface area contributed by atoms with E-state index in [9.17, 15) is 19.1 Å². The smallest absolute Gasteiger partial charge is 0.338 e. The number of alkyl halides is 1. The van der Waals surface area contributed by atoms with Crippen molar-refractivity contribution in [2.24, 2.45) is 0 Å². The van der Waals surface area contributed by atoms with E-state index < -0.39 is 34.9 Å². The van der Waals surface area contributed by atoms with Crippen molar-refractivity contribution in [2.75, 3.05) is 6.61 Å². The maximum absolute atomic E-state index is 14.4. The summed E-state index contributed by atoms with van der Waals surface area (Å²) in [6, 6.07) is 12.1. The molecule has 160 valence electrons. The lowest BCUT2D eigenvalue weighted by molar-refractivity contribution is -0.0112. The zero-order valence-corrected chi connectivity index (χ0v) is 16.6. The molecule has 7 nitrogen and oxygen atoms in total. The monoisotopic (exact) mass is 436 g/mol. The Kier molecular flexibility index (Phi) is 7.43. The number of esters is 2. The molecule has 3 rings (SSSR count). The maximum atomic E-state index is 14.4. The normalized spacial score (nSPS) is 23.2. The van der Waals surface area contributed by atoms with Crippen LogP contribution in [0.15, 0.2) is 48.5 Å². The van der Waals surface area contributed by atoms with Gasteiger partial charge in [0.25, 0.3) is 0 Å². The number of carbonyl (C=O) groups excluding carboxylic acids is 2. The van der Waals surface area contributed by atoms with Gasteiger partial charge in [0.15, 0.2) is 12.3 Å². The summed E-state index contributed by atoms with van der Waals surface area (Å²) in [5.41, 5.74) is 0.265. The Labute approximate surface area is 176 Å². The van der Waals surface area contributed by atoms with Crippen LogP contribution in [0, 0.1) is 0 Å². The number of thioether (sulfide) groups is 1. The molecule has 0 amide bonds. The van der Waals surface area contributed by atoms with E-state index in [1.165, 1.54) is 24.3 Å². The quantitative estimate of drug-likeness (QED) is 0.564. The van der Waals surface area contributed by atoms with Crippen LogP contribution in [0.5, 0.6) is 0 Å². The van der Waals surface area contributed by atoms with Crippen LogP contribution in [0.4, 0.5) is 4.39 Å². The Morgan fingerprint density at radius 1 is 0.900 bits per heavy atom. The van der Waals surface area contributed by atoms with Gasteiger partial charge in [0.1, 0.15) is 12.0 Å². The second-order valence-corrected chi connectivity index (χ2v) is 8.05. The number of carbonyl (C=O) groups is 2. The van der Waals surface area contributed by atoms with E-state index in [1.807, 2.05) is 0 Å². The van der Waals surface area contributed by atoms with E-state index >= 15 is 0 Å². The molecule has 1 fully saturated rings. The summed E-state index contributed by atoms with van der Waals surface area (Å²) < 4.78 is 24.9. The van der Waals surface area contributed by atoms with Gasteiger partial charge in [-0.1, -0.05) is 24.3 Å². The minimum Gasteiger partial charge on any atom is -0.461 e. The van der Waals surface area contributed by atoms with Crippen molar-refractivity contribution in [2.45, 2.75) is 36.2 Å². The highest BCUT2D eigenvalue weighted by Crippen LogP contribution is 2.37. The van der Waals surface area contributed by atoms with E-state index in [-0.39, 0.29) is 30.9 Å². The van der Waals surface area contributed by atoms with Crippen LogP contribution in [0.2, 0.25) is 0 Å². The van der Waals surface area contributed by atoms with E-state index in [0.717, 1.165) is 11.8 Å². The Bertz CT molecular complexity index is 872. The van der Waals surface area contributed by atoms with Crippen LogP contribution in [0.1, 0.15) is 31.8 Å². The predicted molar refractivity (Wildman–Crippen MR) is 106 cm³/mol. The van der Waals surface area contributed by atoms with Gasteiger partial charge in [0, 0.05) is 0 Å². The number of aliphatic hydroxyl groups excluding tert-OH is 3. The minimum absolute atomic E-state index is 0.153. The van der Waals surface area contributed by atoms with Crippen molar-refractivity contribution in [1.82, 2.24) is 0 Å². The molecule has 0 bridgehead atoms. The van der Waals surface area contributed by atoms with Crippen LogP contribution in [-0.2, 0) is 22.7 Å². The third-order valence-corrected chi connectivity index (χ3v) is 5.93. The van der Waals surface area contributed by atoms with Gasteiger partial charge in [-0.05, 0) is 35.4 Å². The summed E-state index contributed by atoms with van der Waals surface area (Å²) >= 11 is 0.828. The topological polar surface area (TPSA) is 113 Å². The van der Waals surface area contributed by atoms with Gasteiger partial charge < -0.3 is 24.8 Å². The van der Waals surface area contributed by atoms with Gasteiger partial charge >= 0.3 is 11.9 Å². The van der Waals surface area contributed by atoms with Gasteiger partial charge in [-0.25, -0.2) is 14.0 Å². The third-order valence-electron chi connectivity index (χ3n) is 4.63. The SMILES string of the molecule is O=C(OC[C@H]1SC(O)[C@@H](F)[C@@H]1OC(=O)c1ccc(CO)cc1)c1ccc(CO)cc1. The number of rotatable bonds is 7. The highest BCUT2D eigenvalue weighted by molar-refractivity contribution is 8.00. The van der Waals surface area contributed by atoms with Crippen LogP contribution >= 0.6 is 11.8 Å². The van der Waals surface area contributed by atoms with Crippen molar-refractivity contribution < 1.29 is 38.8 Å². The zero-order valence-electron chi connectivity index (χ0n) is 15.8. The number of hydrogen-bond acceptors (Lipinski definition) is 8. The summed E-state index contributed by atoms with van der Waals surface area (Å²) in [6.45, 7) is -0.590. The Hall–Kier alpha value is -2.46. The van der Waals surface area contributed by atoms with Gasteiger partial charge in [0.05, 0.1) is 29.6 Å². The number of aliphatic hydroxyl groups is 3. The number of hydrogen-bond donors (Lipinski definition) is 3. The molecule has 2 aromatic rings. The van der Waals surface area contributed by atoms with Gasteiger partial charge in [-0.15, -0.1) is 11.8 Å². The first kappa shape index (κ1) is 22.2. The number of benzene rings is 2. The molecule has 30 heavy (non-hydrogen) atoms. The first-order valence-electron chi connectivity index (χ1n) is 9.18. The molecule has 3 N–H and O–H groups in total. The average molecular weight is 436 g/mol. The molecular weight excluding hydrogens is 415 g/mol. The first-order valence-corrected chi connectivity index (χ1v) is 10.1. The van der Waals surface area contributed by atoms with Crippen molar-refractivity contribution in [3.63, 3.8) is 0 Å². The van der Waals surface area contributed by atoms with Gasteiger partial charge in [0.2, 0.25) is 0 Å². The van der Waals surface area contributed by atoms with Crippen molar-refractivity contribution in [3.8, 4) is 0 Å². The molecule has 2 aromatic carbocycles. The molecule has 0 aliphatic carbocycles. The number of halogens is 1. The molecule has 4 atom stereocenters. The fourth-order valence-corrected chi connectivity index (χ4v) is 4.07. The largest absolute Gasteiger partial charge is 0.461 e. The molecule has 9 heteroatoms. The van der Waals surface area contributed by atoms with Crippen molar-refractivity contribution in [3.05, 3.63) is 70.8 Å². The Morgan fingerprint density at radius 2 is 1.40 bits per heavy atom. The minimum atomic E-state index is -1.83. The van der Waals surface area contributed by atoms with Crippen LogP contribution < -0.4 is 0 Å². The molecule has 1 unspecified atom stereocenters. The fraction of sp³-hybridized carbons (Fsp3) is 0.333. The molecule has 1 aliphatic rings. The summed E-state index contributed by atoms with van der Waals surface area (Å²) in [6.07, 6.45) is -3.12. The highest BCUT2D eigenvalue weighted by Gasteiger charge is 2.47. The standard InChI is InChI=1S/C21H21FO7S/c22-17-18(29-20(26)15-7-3-13(10-24)4-8-15)16(30-21(17)27)11-28-19(25)14-5-1-12(9-23)2-6-14/h1-8,16-18,21,23-24,27H,9-11H2/t16-,17+,18-,21?/m1/s1. The highest BCUT2D eigenvalue weighted by atomic mass is 32.2. The second-order valence-electron chi connectivity index (χ2n) is 6.69. The van der Waals surface area contributed by atoms with Crippen LogP contribution in [-0.4, -0.2) is 56.8 Å². The molecular formula is C21H21FO7S. The molecule has 1 saturated heterocycles. The predicted octanol–water partition coefficient (Wildman–Crippen LogP) is 1.83. The van der Waals surface area contributed by atoms with Gasteiger partial charge in [-0.2, -0.15) is 0 Å². The van der Waals surface area contributed by atoms with E-state index in [0.29, 0.717) is 11.1 Å². The lowest BCUT2D eigenvalue weighted by atomic mass is 10.1. The van der Waals surface area contributed by atoms with E-state index in [2.05, 4.69) is 0 Å². The van der Waals surface area contributed by atoms with E-state index in [4.69, 9.17) is 19.7 Å². The van der Waals surface area contributed by atoms with Gasteiger partial charge in [-0.3, -0.25) is 0 Å². The molecule has 1 aliphatic heterocycles. The number of ether oxygens (including phenoxy) is 2. The van der Waals surface area contributed by atoms with Crippen LogP contribution in [0.3, 0.4) is 0 Å². The van der Waals surface area contributed by atoms with Crippen LogP contribution in [0.25, 0.3) is 0 Å². The first-order chi connectivity index (χ1) is 14.4. The molecule has 0 aromatic heterocycles. The summed E-state index contributed by atoms with van der Waals surface area (Å²) in [5.74, 6) is -1.43. The Balaban J connectivity index is 1.62. The molecule has 1 heterocycles. The van der Waals surface area contributed by atoms with E-state index in [1.54, 1.807) is 24.3 Å².